The molecule has 1 aromatic rings. The zero-order chi connectivity index (χ0) is 11.6. The first kappa shape index (κ1) is 14.3. The van der Waals surface area contributed by atoms with Gasteiger partial charge < -0.3 is 0 Å². The Morgan fingerprint density at radius 2 is 2.06 bits per heavy atom. The Hall–Kier alpha value is -0.780. The molecule has 2 rings (SSSR count). The summed E-state index contributed by atoms with van der Waals surface area (Å²) in [6, 6.07) is 9.03. The van der Waals surface area contributed by atoms with Crippen molar-refractivity contribution in [1.29, 1.82) is 0 Å². The lowest BCUT2D eigenvalue weighted by Gasteiger charge is -2.40. The molecule has 0 radical (unpaired) electrons. The molecule has 1 saturated carbocycles. The van der Waals surface area contributed by atoms with E-state index in [4.69, 9.17) is 0 Å². The molecule has 96 valence electrons. The molecule has 0 heteroatoms. The molecule has 0 bridgehead atoms. The van der Waals surface area contributed by atoms with Crippen molar-refractivity contribution in [3.05, 3.63) is 35.4 Å². The third kappa shape index (κ3) is 3.34. The summed E-state index contributed by atoms with van der Waals surface area (Å²) in [6.45, 7) is 7.12. The fourth-order valence-corrected chi connectivity index (χ4v) is 3.13. The van der Waals surface area contributed by atoms with Crippen LogP contribution in [0.1, 0.15) is 58.1 Å². The lowest BCUT2D eigenvalue weighted by atomic mass is 9.65. The Balaban J connectivity index is 0.00000144. The summed E-state index contributed by atoms with van der Waals surface area (Å²) >= 11 is 0. The van der Waals surface area contributed by atoms with Crippen LogP contribution in [0.25, 0.3) is 0 Å². The van der Waals surface area contributed by atoms with Gasteiger partial charge in [0.25, 0.3) is 0 Å². The third-order valence-electron chi connectivity index (χ3n) is 4.52. The number of hydrogen-bond acceptors (Lipinski definition) is 0. The first-order valence-electron chi connectivity index (χ1n) is 6.66. The quantitative estimate of drug-likeness (QED) is 0.641. The molecule has 2 unspecified atom stereocenters. The van der Waals surface area contributed by atoms with E-state index < -0.39 is 0 Å². The minimum Gasteiger partial charge on any atom is -0.0776 e. The van der Waals surface area contributed by atoms with Crippen LogP contribution in [-0.2, 0) is 6.42 Å². The van der Waals surface area contributed by atoms with Gasteiger partial charge in [-0.05, 0) is 36.7 Å². The fraction of sp³-hybridized carbons (Fsp3) is 0.647. The van der Waals surface area contributed by atoms with Gasteiger partial charge in [-0.2, -0.15) is 0 Å². The summed E-state index contributed by atoms with van der Waals surface area (Å²) in [5.41, 5.74) is 3.45. The molecule has 1 fully saturated rings. The van der Waals surface area contributed by atoms with Crippen molar-refractivity contribution < 1.29 is 0 Å². The van der Waals surface area contributed by atoms with E-state index in [1.807, 2.05) is 0 Å². The minimum absolute atomic E-state index is 0. The second-order valence-corrected chi connectivity index (χ2v) is 5.97. The van der Waals surface area contributed by atoms with Crippen LogP contribution < -0.4 is 0 Å². The van der Waals surface area contributed by atoms with Crippen LogP contribution in [0, 0.1) is 18.3 Å². The Kier molecular flexibility index (Phi) is 4.80. The van der Waals surface area contributed by atoms with E-state index in [1.165, 1.54) is 43.2 Å². The van der Waals surface area contributed by atoms with Crippen LogP contribution in [0.2, 0.25) is 0 Å². The van der Waals surface area contributed by atoms with Crippen molar-refractivity contribution in [2.75, 3.05) is 0 Å². The molecule has 2 atom stereocenters. The van der Waals surface area contributed by atoms with E-state index >= 15 is 0 Å². The van der Waals surface area contributed by atoms with Crippen molar-refractivity contribution in [3.63, 3.8) is 0 Å². The van der Waals surface area contributed by atoms with Crippen molar-refractivity contribution in [1.82, 2.24) is 0 Å². The first-order valence-corrected chi connectivity index (χ1v) is 6.66. The van der Waals surface area contributed by atoms with Crippen LogP contribution in [-0.4, -0.2) is 0 Å². The van der Waals surface area contributed by atoms with E-state index in [0.717, 1.165) is 5.92 Å². The van der Waals surface area contributed by atoms with E-state index in [1.54, 1.807) is 0 Å². The Labute approximate surface area is 107 Å². The van der Waals surface area contributed by atoms with Crippen LogP contribution in [0.5, 0.6) is 0 Å². The molecule has 0 aromatic heterocycles. The highest BCUT2D eigenvalue weighted by molar-refractivity contribution is 5.23. The van der Waals surface area contributed by atoms with Gasteiger partial charge in [-0.1, -0.05) is 70.4 Å². The topological polar surface area (TPSA) is 0 Å². The molecule has 1 aliphatic rings. The van der Waals surface area contributed by atoms with Crippen LogP contribution >= 0.6 is 0 Å². The average Bonchev–Trinajstić information content (AvgIpc) is 2.23. The number of aryl methyl sites for hydroxylation is 1. The summed E-state index contributed by atoms with van der Waals surface area (Å²) in [6.07, 6.45) is 6.94. The molecule has 0 saturated heterocycles. The maximum atomic E-state index is 2.49. The van der Waals surface area contributed by atoms with Gasteiger partial charge in [-0.25, -0.2) is 0 Å². The minimum atomic E-state index is 0. The summed E-state index contributed by atoms with van der Waals surface area (Å²) < 4.78 is 0. The summed E-state index contributed by atoms with van der Waals surface area (Å²) in [7, 11) is 0. The van der Waals surface area contributed by atoms with Gasteiger partial charge in [0.15, 0.2) is 0 Å². The molecule has 1 aliphatic carbocycles. The smallest absolute Gasteiger partial charge is 0.0222 e. The fourth-order valence-electron chi connectivity index (χ4n) is 3.13. The molecule has 0 N–H and O–H groups in total. The van der Waals surface area contributed by atoms with Gasteiger partial charge in [-0.15, -0.1) is 0 Å². The summed E-state index contributed by atoms with van der Waals surface area (Å²) in [5.74, 6) is 0.877. The molecule has 0 nitrogen and oxygen atoms in total. The molecule has 0 heterocycles. The molecular weight excluding hydrogens is 204 g/mol. The van der Waals surface area contributed by atoms with Gasteiger partial charge in [0, 0.05) is 0 Å². The van der Waals surface area contributed by atoms with E-state index in [2.05, 4.69) is 45.0 Å². The van der Waals surface area contributed by atoms with Gasteiger partial charge in [-0.3, -0.25) is 0 Å². The molecule has 0 aliphatic heterocycles. The predicted octanol–water partition coefficient (Wildman–Crippen LogP) is 5.39. The van der Waals surface area contributed by atoms with Gasteiger partial charge in [0.2, 0.25) is 0 Å². The summed E-state index contributed by atoms with van der Waals surface area (Å²) in [4.78, 5) is 0. The van der Waals surface area contributed by atoms with Crippen LogP contribution in [0.3, 0.4) is 0 Å². The maximum Gasteiger partial charge on any atom is -0.0222 e. The lowest BCUT2D eigenvalue weighted by molar-refractivity contribution is 0.130. The van der Waals surface area contributed by atoms with Gasteiger partial charge in [0.1, 0.15) is 0 Å². The number of hydrogen-bond donors (Lipinski definition) is 0. The zero-order valence-electron chi connectivity index (χ0n) is 10.9. The van der Waals surface area contributed by atoms with Crippen molar-refractivity contribution in [2.45, 2.75) is 60.3 Å². The predicted molar refractivity (Wildman–Crippen MR) is 77.4 cm³/mol. The Morgan fingerprint density at radius 3 is 2.71 bits per heavy atom. The van der Waals surface area contributed by atoms with Gasteiger partial charge in [0.05, 0.1) is 0 Å². The number of rotatable bonds is 2. The van der Waals surface area contributed by atoms with E-state index in [9.17, 15) is 0 Å². The third-order valence-corrected chi connectivity index (χ3v) is 4.52. The Bertz CT molecular complexity index is 353. The van der Waals surface area contributed by atoms with Crippen molar-refractivity contribution >= 4 is 0 Å². The molecule has 0 spiro atoms. The van der Waals surface area contributed by atoms with E-state index in [-0.39, 0.29) is 7.43 Å². The highest BCUT2D eigenvalue weighted by Crippen LogP contribution is 2.43. The standard InChI is InChI=1S/C16H24.CH4/c1-13-7-6-9-15(11-13)12-16(3)10-5-4-8-14(16)2;/h6-7,9,11,14H,4-5,8,10,12H2,1-3H3;1H4. The second kappa shape index (κ2) is 5.71. The second-order valence-electron chi connectivity index (χ2n) is 5.97. The normalized spacial score (nSPS) is 28.5. The summed E-state index contributed by atoms with van der Waals surface area (Å²) in [5, 5.41) is 0. The monoisotopic (exact) mass is 232 g/mol. The molecular formula is C17H28. The highest BCUT2D eigenvalue weighted by atomic mass is 14.4. The molecule has 0 amide bonds. The highest BCUT2D eigenvalue weighted by Gasteiger charge is 2.33. The molecule has 17 heavy (non-hydrogen) atoms. The number of benzene rings is 1. The van der Waals surface area contributed by atoms with Crippen LogP contribution in [0.15, 0.2) is 24.3 Å². The first-order chi connectivity index (χ1) is 7.60. The maximum absolute atomic E-state index is 2.49. The molecule has 1 aromatic carbocycles. The average molecular weight is 232 g/mol. The van der Waals surface area contributed by atoms with Crippen LogP contribution in [0.4, 0.5) is 0 Å². The van der Waals surface area contributed by atoms with Gasteiger partial charge >= 0.3 is 0 Å². The SMILES string of the molecule is C.Cc1cccc(CC2(C)CCCCC2C)c1. The Morgan fingerprint density at radius 1 is 1.29 bits per heavy atom. The van der Waals surface area contributed by atoms with Crippen molar-refractivity contribution in [2.24, 2.45) is 11.3 Å². The largest absolute Gasteiger partial charge is 0.0776 e. The zero-order valence-corrected chi connectivity index (χ0v) is 10.9. The lowest BCUT2D eigenvalue weighted by Crippen LogP contribution is -2.31. The van der Waals surface area contributed by atoms with Crippen molar-refractivity contribution in [3.8, 4) is 0 Å². The van der Waals surface area contributed by atoms with E-state index in [0.29, 0.717) is 5.41 Å².